The molecule has 1 aromatic carbocycles. The fraction of sp³-hybridized carbons (Fsp3) is 0.286. The molecular weight excluding hydrogens is 242 g/mol. The van der Waals surface area contributed by atoms with Crippen LogP contribution in [0.25, 0.3) is 10.9 Å². The van der Waals surface area contributed by atoms with Crippen LogP contribution in [0.1, 0.15) is 13.8 Å². The summed E-state index contributed by atoms with van der Waals surface area (Å²) < 4.78 is 4.93. The van der Waals surface area contributed by atoms with Crippen molar-refractivity contribution in [2.75, 3.05) is 17.7 Å². The number of hydrogen-bond donors (Lipinski definition) is 2. The molecule has 0 aliphatic heterocycles. The third-order valence-corrected chi connectivity index (χ3v) is 2.72. The number of esters is 1. The fourth-order valence-corrected chi connectivity index (χ4v) is 1.77. The van der Waals surface area contributed by atoms with E-state index in [2.05, 4.69) is 10.3 Å². The van der Waals surface area contributed by atoms with Crippen molar-refractivity contribution >= 4 is 28.4 Å². The second-order valence-electron chi connectivity index (χ2n) is 4.27. The Kier molecular flexibility index (Phi) is 3.85. The first-order valence-electron chi connectivity index (χ1n) is 6.19. The van der Waals surface area contributed by atoms with Gasteiger partial charge >= 0.3 is 5.97 Å². The van der Waals surface area contributed by atoms with Gasteiger partial charge in [0.25, 0.3) is 0 Å². The molecular formula is C14H17N3O2. The predicted molar refractivity (Wildman–Crippen MR) is 75.9 cm³/mol. The fourth-order valence-electron chi connectivity index (χ4n) is 1.77. The first-order valence-corrected chi connectivity index (χ1v) is 6.19. The van der Waals surface area contributed by atoms with E-state index in [1.54, 1.807) is 19.9 Å². The zero-order valence-corrected chi connectivity index (χ0v) is 11.0. The highest BCUT2D eigenvalue weighted by Crippen LogP contribution is 2.18. The molecule has 0 aliphatic rings. The summed E-state index contributed by atoms with van der Waals surface area (Å²) in [7, 11) is 0. The van der Waals surface area contributed by atoms with Crippen molar-refractivity contribution in [2.45, 2.75) is 19.9 Å². The van der Waals surface area contributed by atoms with Gasteiger partial charge < -0.3 is 15.8 Å². The van der Waals surface area contributed by atoms with Crippen molar-refractivity contribution in [2.24, 2.45) is 0 Å². The molecule has 3 N–H and O–H groups in total. The highest BCUT2D eigenvalue weighted by molar-refractivity contribution is 5.84. The Morgan fingerprint density at radius 3 is 2.95 bits per heavy atom. The van der Waals surface area contributed by atoms with Crippen LogP contribution in [0, 0.1) is 0 Å². The van der Waals surface area contributed by atoms with Gasteiger partial charge in [-0.1, -0.05) is 0 Å². The molecule has 0 saturated heterocycles. The highest BCUT2D eigenvalue weighted by Gasteiger charge is 2.13. The summed E-state index contributed by atoms with van der Waals surface area (Å²) in [4.78, 5) is 16.0. The van der Waals surface area contributed by atoms with Crippen LogP contribution < -0.4 is 11.1 Å². The third-order valence-electron chi connectivity index (χ3n) is 2.72. The van der Waals surface area contributed by atoms with Gasteiger partial charge in [0.15, 0.2) is 0 Å². The van der Waals surface area contributed by atoms with Gasteiger partial charge in [0.05, 0.1) is 12.1 Å². The van der Waals surface area contributed by atoms with Crippen molar-refractivity contribution in [1.29, 1.82) is 0 Å². The largest absolute Gasteiger partial charge is 0.464 e. The Morgan fingerprint density at radius 1 is 1.42 bits per heavy atom. The molecule has 100 valence electrons. The second-order valence-corrected chi connectivity index (χ2v) is 4.27. The number of fused-ring (bicyclic) bond motifs is 1. The summed E-state index contributed by atoms with van der Waals surface area (Å²) in [5, 5.41) is 3.98. The van der Waals surface area contributed by atoms with E-state index in [9.17, 15) is 4.79 Å². The van der Waals surface area contributed by atoms with Gasteiger partial charge in [0.1, 0.15) is 11.9 Å². The number of hydrogen-bond acceptors (Lipinski definition) is 5. The average molecular weight is 259 g/mol. The number of rotatable bonds is 4. The van der Waals surface area contributed by atoms with E-state index in [0.717, 1.165) is 10.9 Å². The number of anilines is 2. The van der Waals surface area contributed by atoms with Gasteiger partial charge in [0.2, 0.25) is 0 Å². The van der Waals surface area contributed by atoms with Gasteiger partial charge in [-0.2, -0.15) is 0 Å². The van der Waals surface area contributed by atoms with Crippen LogP contribution >= 0.6 is 0 Å². The number of ether oxygens (including phenoxy) is 1. The third kappa shape index (κ3) is 3.13. The molecule has 1 aromatic heterocycles. The Balaban J connectivity index is 2.17. The second kappa shape index (κ2) is 5.56. The number of nitrogens with two attached hydrogens (primary N) is 1. The average Bonchev–Trinajstić information content (AvgIpc) is 2.39. The minimum atomic E-state index is -0.432. The molecule has 0 amide bonds. The number of nitrogens with one attached hydrogen (secondary N) is 1. The Bertz CT molecular complexity index is 598. The summed E-state index contributed by atoms with van der Waals surface area (Å²) in [6.07, 6.45) is 0. The molecule has 5 heteroatoms. The lowest BCUT2D eigenvalue weighted by atomic mass is 10.2. The monoisotopic (exact) mass is 259 g/mol. The van der Waals surface area contributed by atoms with Crippen LogP contribution in [0.15, 0.2) is 30.3 Å². The number of aromatic nitrogens is 1. The molecule has 2 aromatic rings. The number of nitrogen functional groups attached to an aromatic ring is 1. The number of nitrogens with zero attached hydrogens (tertiary/aromatic N) is 1. The maximum absolute atomic E-state index is 11.5. The molecule has 0 radical (unpaired) electrons. The first kappa shape index (κ1) is 13.1. The summed E-state index contributed by atoms with van der Waals surface area (Å²) in [5.41, 5.74) is 7.24. The van der Waals surface area contributed by atoms with E-state index < -0.39 is 6.04 Å². The summed E-state index contributed by atoms with van der Waals surface area (Å²) >= 11 is 0. The lowest BCUT2D eigenvalue weighted by Crippen LogP contribution is -2.28. The van der Waals surface area contributed by atoms with Gasteiger partial charge in [-0.3, -0.25) is 0 Å². The van der Waals surface area contributed by atoms with Crippen LogP contribution in [-0.2, 0) is 9.53 Å². The summed E-state index contributed by atoms with van der Waals surface area (Å²) in [5.74, 6) is 0.347. The maximum Gasteiger partial charge on any atom is 0.328 e. The first-order chi connectivity index (χ1) is 9.10. The predicted octanol–water partition coefficient (Wildman–Crippen LogP) is 2.18. The van der Waals surface area contributed by atoms with Gasteiger partial charge in [0, 0.05) is 11.1 Å². The maximum atomic E-state index is 11.5. The zero-order valence-electron chi connectivity index (χ0n) is 11.0. The normalized spacial score (nSPS) is 12.1. The molecule has 0 aliphatic carbocycles. The highest BCUT2D eigenvalue weighted by atomic mass is 16.5. The zero-order chi connectivity index (χ0) is 13.8. The quantitative estimate of drug-likeness (QED) is 0.650. The molecule has 2 rings (SSSR count). The van der Waals surface area contributed by atoms with E-state index in [-0.39, 0.29) is 5.97 Å². The molecule has 0 bridgehead atoms. The molecule has 1 atom stereocenters. The number of carbonyl (C=O) groups excluding carboxylic acids is 1. The molecule has 0 spiro atoms. The summed E-state index contributed by atoms with van der Waals surface area (Å²) in [6.45, 7) is 3.89. The van der Waals surface area contributed by atoms with E-state index in [1.165, 1.54) is 0 Å². The van der Waals surface area contributed by atoms with Gasteiger partial charge in [-0.25, -0.2) is 9.78 Å². The van der Waals surface area contributed by atoms with Crippen molar-refractivity contribution in [3.8, 4) is 0 Å². The number of carbonyl (C=O) groups is 1. The van der Waals surface area contributed by atoms with E-state index in [4.69, 9.17) is 10.5 Å². The van der Waals surface area contributed by atoms with Crippen molar-refractivity contribution in [3.63, 3.8) is 0 Å². The lowest BCUT2D eigenvalue weighted by molar-refractivity contribution is -0.143. The van der Waals surface area contributed by atoms with Gasteiger partial charge in [-0.05, 0) is 44.2 Å². The molecule has 19 heavy (non-hydrogen) atoms. The Morgan fingerprint density at radius 2 is 2.21 bits per heavy atom. The van der Waals surface area contributed by atoms with Crippen molar-refractivity contribution in [1.82, 2.24) is 4.98 Å². The number of pyridine rings is 1. The molecule has 0 saturated carbocycles. The molecule has 1 heterocycles. The SMILES string of the molecule is CCOC(=O)C(C)Nc1ccc2cc(N)ccc2n1. The Labute approximate surface area is 111 Å². The van der Waals surface area contributed by atoms with E-state index in [1.807, 2.05) is 24.3 Å². The van der Waals surface area contributed by atoms with Crippen molar-refractivity contribution in [3.05, 3.63) is 30.3 Å². The van der Waals surface area contributed by atoms with E-state index in [0.29, 0.717) is 18.1 Å². The van der Waals surface area contributed by atoms with Crippen molar-refractivity contribution < 1.29 is 9.53 Å². The van der Waals surface area contributed by atoms with Gasteiger partial charge in [-0.15, -0.1) is 0 Å². The standard InChI is InChI=1S/C14H17N3O2/c1-3-19-14(18)9(2)16-13-7-4-10-8-11(15)5-6-12(10)17-13/h4-9H,3,15H2,1-2H3,(H,16,17). The minimum absolute atomic E-state index is 0.290. The Hall–Kier alpha value is -2.30. The molecule has 1 unspecified atom stereocenters. The van der Waals surface area contributed by atoms with E-state index >= 15 is 0 Å². The molecule has 0 fully saturated rings. The smallest absolute Gasteiger partial charge is 0.328 e. The number of benzene rings is 1. The van der Waals surface area contributed by atoms with Crippen LogP contribution in [-0.4, -0.2) is 23.6 Å². The van der Waals surface area contributed by atoms with Crippen LogP contribution in [0.4, 0.5) is 11.5 Å². The van der Waals surface area contributed by atoms with Crippen LogP contribution in [0.2, 0.25) is 0 Å². The van der Waals surface area contributed by atoms with Crippen LogP contribution in [0.3, 0.4) is 0 Å². The topological polar surface area (TPSA) is 77.2 Å². The lowest BCUT2D eigenvalue weighted by Gasteiger charge is -2.13. The summed E-state index contributed by atoms with van der Waals surface area (Å²) in [6, 6.07) is 8.81. The molecule has 5 nitrogen and oxygen atoms in total. The van der Waals surface area contributed by atoms with Crippen LogP contribution in [0.5, 0.6) is 0 Å². The minimum Gasteiger partial charge on any atom is -0.464 e.